The Balaban J connectivity index is 1.56. The number of carbonyl (C=O) groups excluding carboxylic acids is 1. The molecule has 3 heterocycles. The number of tetrazole rings is 1. The quantitative estimate of drug-likeness (QED) is 0.362. The highest BCUT2D eigenvalue weighted by Crippen LogP contribution is 2.52. The van der Waals surface area contributed by atoms with E-state index in [0.717, 1.165) is 53.6 Å². The van der Waals surface area contributed by atoms with E-state index in [9.17, 15) is 9.59 Å². The van der Waals surface area contributed by atoms with Gasteiger partial charge in [-0.25, -0.2) is 4.79 Å². The van der Waals surface area contributed by atoms with E-state index in [0.29, 0.717) is 12.4 Å². The van der Waals surface area contributed by atoms with Gasteiger partial charge in [0.05, 0.1) is 12.6 Å². The number of aromatic amines is 1. The van der Waals surface area contributed by atoms with E-state index in [4.69, 9.17) is 0 Å². The summed E-state index contributed by atoms with van der Waals surface area (Å²) >= 11 is 0. The van der Waals surface area contributed by atoms with Crippen LogP contribution in [-0.2, 0) is 17.8 Å². The fraction of sp³-hybridized carbons (Fsp3) is 0.407. The zero-order valence-corrected chi connectivity index (χ0v) is 20.9. The number of benzene rings is 1. The lowest BCUT2D eigenvalue weighted by Gasteiger charge is -2.13. The summed E-state index contributed by atoms with van der Waals surface area (Å²) in [5.74, 6) is 0.827. The van der Waals surface area contributed by atoms with Crippen LogP contribution >= 0.6 is 0 Å². The lowest BCUT2D eigenvalue weighted by Crippen LogP contribution is -2.26. The molecule has 1 aliphatic carbocycles. The predicted molar refractivity (Wildman–Crippen MR) is 136 cm³/mol. The number of aromatic nitrogens is 7. The Hall–Kier alpha value is -3.88. The van der Waals surface area contributed by atoms with Crippen LogP contribution in [0, 0.1) is 11.8 Å². The minimum atomic E-state index is -0.0710. The molecule has 0 bridgehead atoms. The van der Waals surface area contributed by atoms with Gasteiger partial charge in [0.15, 0.2) is 0 Å². The Labute approximate surface area is 209 Å². The van der Waals surface area contributed by atoms with Gasteiger partial charge in [0.2, 0.25) is 5.82 Å². The molecule has 4 aromatic rings. The van der Waals surface area contributed by atoms with Crippen molar-refractivity contribution in [2.45, 2.75) is 59.0 Å². The molecule has 1 saturated carbocycles. The zero-order chi connectivity index (χ0) is 25.2. The number of hydrogen-bond donors (Lipinski definition) is 1. The molecule has 5 rings (SSSR count). The second-order valence-corrected chi connectivity index (χ2v) is 9.51. The second-order valence-electron chi connectivity index (χ2n) is 9.51. The van der Waals surface area contributed by atoms with Crippen LogP contribution in [0.15, 0.2) is 53.7 Å². The average molecular weight is 486 g/mol. The van der Waals surface area contributed by atoms with Gasteiger partial charge < -0.3 is 0 Å². The first-order valence-electron chi connectivity index (χ1n) is 12.6. The van der Waals surface area contributed by atoms with Crippen LogP contribution in [0.4, 0.5) is 0 Å². The van der Waals surface area contributed by atoms with Gasteiger partial charge in [0, 0.05) is 35.8 Å². The van der Waals surface area contributed by atoms with Crippen molar-refractivity contribution in [2.75, 3.05) is 0 Å². The molecule has 9 nitrogen and oxygen atoms in total. The molecule has 0 aliphatic heterocycles. The van der Waals surface area contributed by atoms with Crippen LogP contribution in [-0.4, -0.2) is 40.5 Å². The number of rotatable bonds is 10. The van der Waals surface area contributed by atoms with Gasteiger partial charge in [-0.2, -0.15) is 5.21 Å². The van der Waals surface area contributed by atoms with Gasteiger partial charge in [0.25, 0.3) is 0 Å². The third kappa shape index (κ3) is 4.29. The number of hydrogen-bond acceptors (Lipinski definition) is 6. The lowest BCUT2D eigenvalue weighted by molar-refractivity contribution is -0.118. The largest absolute Gasteiger partial charge is 0.328 e. The van der Waals surface area contributed by atoms with E-state index < -0.39 is 0 Å². The van der Waals surface area contributed by atoms with Crippen LogP contribution in [0.5, 0.6) is 0 Å². The zero-order valence-electron chi connectivity index (χ0n) is 20.9. The topological polar surface area (TPSA) is 111 Å². The maximum Gasteiger partial charge on any atom is 0.328 e. The summed E-state index contributed by atoms with van der Waals surface area (Å²) in [5.41, 5.74) is 4.62. The van der Waals surface area contributed by atoms with Crippen molar-refractivity contribution in [3.8, 4) is 22.5 Å². The number of pyridine rings is 1. The van der Waals surface area contributed by atoms with E-state index in [-0.39, 0.29) is 29.4 Å². The van der Waals surface area contributed by atoms with E-state index >= 15 is 0 Å². The van der Waals surface area contributed by atoms with Crippen LogP contribution in [0.1, 0.15) is 57.3 Å². The molecule has 3 unspecified atom stereocenters. The SMILES string of the molecule is CCCCc1cn(C2C(CC)C2C(C)=O)c(=O)n1Cc1cnccc1-c1ccccc1-c1nn[nH]n1. The molecule has 1 N–H and O–H groups in total. The van der Waals surface area contributed by atoms with Crippen LogP contribution < -0.4 is 5.69 Å². The highest BCUT2D eigenvalue weighted by atomic mass is 16.2. The van der Waals surface area contributed by atoms with E-state index in [1.807, 2.05) is 51.9 Å². The fourth-order valence-electron chi connectivity index (χ4n) is 5.44. The third-order valence-electron chi connectivity index (χ3n) is 7.30. The van der Waals surface area contributed by atoms with E-state index in [2.05, 4.69) is 39.5 Å². The minimum absolute atomic E-state index is 0.0473. The first kappa shape index (κ1) is 23.8. The van der Waals surface area contributed by atoms with Crippen molar-refractivity contribution >= 4 is 5.78 Å². The van der Waals surface area contributed by atoms with Gasteiger partial charge in [0.1, 0.15) is 5.78 Å². The summed E-state index contributed by atoms with van der Waals surface area (Å²) in [7, 11) is 0. The molecule has 0 amide bonds. The molecular weight excluding hydrogens is 454 g/mol. The molecule has 36 heavy (non-hydrogen) atoms. The van der Waals surface area contributed by atoms with Crippen molar-refractivity contribution in [1.29, 1.82) is 0 Å². The molecular formula is C27H31N7O2. The Morgan fingerprint density at radius 1 is 1.11 bits per heavy atom. The third-order valence-corrected chi connectivity index (χ3v) is 7.30. The maximum absolute atomic E-state index is 13.7. The second kappa shape index (κ2) is 10.0. The molecule has 0 saturated heterocycles. The minimum Gasteiger partial charge on any atom is -0.300 e. The van der Waals surface area contributed by atoms with Crippen molar-refractivity contribution in [2.24, 2.45) is 11.8 Å². The average Bonchev–Trinajstić information content (AvgIpc) is 3.21. The number of Topliss-reactive ketones (excluding diaryl/α,β-unsaturated/α-hetero) is 1. The molecule has 0 radical (unpaired) electrons. The van der Waals surface area contributed by atoms with Gasteiger partial charge >= 0.3 is 5.69 Å². The lowest BCUT2D eigenvalue weighted by atomic mass is 9.96. The number of H-pyrrole nitrogens is 1. The first-order valence-corrected chi connectivity index (χ1v) is 12.6. The fourth-order valence-corrected chi connectivity index (χ4v) is 5.44. The monoisotopic (exact) mass is 485 g/mol. The number of nitrogens with one attached hydrogen (secondary N) is 1. The van der Waals surface area contributed by atoms with Crippen molar-refractivity contribution in [3.05, 3.63) is 70.7 Å². The van der Waals surface area contributed by atoms with Crippen LogP contribution in [0.3, 0.4) is 0 Å². The van der Waals surface area contributed by atoms with Crippen molar-refractivity contribution < 1.29 is 4.79 Å². The van der Waals surface area contributed by atoms with Crippen molar-refractivity contribution in [3.63, 3.8) is 0 Å². The first-order chi connectivity index (χ1) is 17.5. The Kier molecular flexibility index (Phi) is 6.63. The van der Waals surface area contributed by atoms with E-state index in [1.54, 1.807) is 13.1 Å². The molecule has 186 valence electrons. The molecule has 1 aromatic carbocycles. The summed E-state index contributed by atoms with van der Waals surface area (Å²) < 4.78 is 3.67. The highest BCUT2D eigenvalue weighted by Gasteiger charge is 2.53. The normalized spacial score (nSPS) is 18.9. The van der Waals surface area contributed by atoms with E-state index in [1.165, 1.54) is 0 Å². The maximum atomic E-state index is 13.7. The Bertz CT molecular complexity index is 1420. The van der Waals surface area contributed by atoms with Gasteiger partial charge in [-0.1, -0.05) is 51.0 Å². The van der Waals surface area contributed by atoms with Crippen molar-refractivity contribution in [1.82, 2.24) is 34.7 Å². The van der Waals surface area contributed by atoms with Crippen LogP contribution in [0.25, 0.3) is 22.5 Å². The highest BCUT2D eigenvalue weighted by molar-refractivity contribution is 5.82. The summed E-state index contributed by atoms with van der Waals surface area (Å²) in [6, 6.07) is 9.80. The number of aryl methyl sites for hydroxylation is 1. The number of nitrogens with zero attached hydrogens (tertiary/aromatic N) is 6. The van der Waals surface area contributed by atoms with Gasteiger partial charge in [-0.15, -0.1) is 10.2 Å². The standard InChI is InChI=1S/C27H31N7O2/c1-4-6-9-19-16-34(25-20(5-2)24(25)17(3)35)27(36)33(19)15-18-14-28-13-12-21(18)22-10-7-8-11-23(22)26-29-31-32-30-26/h7-8,10-14,16,20,24-25H,4-6,9,15H2,1-3H3,(H,29,30,31,32). The molecule has 3 atom stereocenters. The smallest absolute Gasteiger partial charge is 0.300 e. The number of carbonyl (C=O) groups is 1. The van der Waals surface area contributed by atoms with Gasteiger partial charge in [-0.3, -0.25) is 18.9 Å². The number of unbranched alkanes of at least 4 members (excludes halogenated alkanes) is 1. The molecule has 9 heteroatoms. The molecule has 0 spiro atoms. The number of ketones is 1. The molecule has 1 aliphatic rings. The van der Waals surface area contributed by atoms with Gasteiger partial charge in [-0.05, 0) is 53.7 Å². The summed E-state index contributed by atoms with van der Waals surface area (Å²) in [5, 5.41) is 14.6. The Morgan fingerprint density at radius 3 is 2.58 bits per heavy atom. The summed E-state index contributed by atoms with van der Waals surface area (Å²) in [6.07, 6.45) is 9.27. The summed E-state index contributed by atoms with van der Waals surface area (Å²) in [4.78, 5) is 30.3. The molecule has 3 aromatic heterocycles. The Morgan fingerprint density at radius 2 is 1.92 bits per heavy atom. The molecule has 1 fully saturated rings. The summed E-state index contributed by atoms with van der Waals surface area (Å²) in [6.45, 7) is 6.26. The predicted octanol–water partition coefficient (Wildman–Crippen LogP) is 4.07. The number of imidazole rings is 1. The van der Waals surface area contributed by atoms with Crippen LogP contribution in [0.2, 0.25) is 0 Å².